The molecular formula is C12H24N2. The van der Waals surface area contributed by atoms with Gasteiger partial charge in [-0.15, -0.1) is 0 Å². The van der Waals surface area contributed by atoms with Crippen LogP contribution in [-0.4, -0.2) is 29.1 Å². The Bertz CT molecular complexity index is 163. The molecule has 0 bridgehead atoms. The van der Waals surface area contributed by atoms with Gasteiger partial charge in [-0.3, -0.25) is 0 Å². The summed E-state index contributed by atoms with van der Waals surface area (Å²) in [6, 6.07) is 0. The van der Waals surface area contributed by atoms with Gasteiger partial charge in [0.1, 0.15) is 6.17 Å². The lowest BCUT2D eigenvalue weighted by atomic mass is 10.1. The monoisotopic (exact) mass is 196 g/mol. The van der Waals surface area contributed by atoms with Gasteiger partial charge in [-0.2, -0.15) is 0 Å². The first-order chi connectivity index (χ1) is 6.83. The molecule has 0 spiro atoms. The minimum Gasteiger partial charge on any atom is -0.356 e. The first kappa shape index (κ1) is 11.4. The average molecular weight is 196 g/mol. The van der Waals surface area contributed by atoms with Crippen LogP contribution in [0.3, 0.4) is 0 Å². The first-order valence-corrected chi connectivity index (χ1v) is 6.03. The highest BCUT2D eigenvalue weighted by Gasteiger charge is 2.22. The molecule has 0 saturated carbocycles. The van der Waals surface area contributed by atoms with E-state index in [0.717, 1.165) is 13.1 Å². The molecule has 0 saturated heterocycles. The second-order valence-electron chi connectivity index (χ2n) is 3.94. The van der Waals surface area contributed by atoms with E-state index in [1.165, 1.54) is 25.7 Å². The maximum absolute atomic E-state index is 2.44. The highest BCUT2D eigenvalue weighted by molar-refractivity contribution is 4.95. The van der Waals surface area contributed by atoms with Crippen molar-refractivity contribution >= 4 is 0 Å². The highest BCUT2D eigenvalue weighted by atomic mass is 15.4. The molecule has 0 fully saturated rings. The first-order valence-electron chi connectivity index (χ1n) is 6.03. The third kappa shape index (κ3) is 2.66. The van der Waals surface area contributed by atoms with Gasteiger partial charge in [0.2, 0.25) is 0 Å². The minimum absolute atomic E-state index is 0.636. The maximum Gasteiger partial charge on any atom is 0.101 e. The quantitative estimate of drug-likeness (QED) is 0.602. The lowest BCUT2D eigenvalue weighted by Gasteiger charge is -2.31. The average Bonchev–Trinajstić information content (AvgIpc) is 2.60. The zero-order chi connectivity index (χ0) is 10.4. The Morgan fingerprint density at radius 3 is 1.93 bits per heavy atom. The van der Waals surface area contributed by atoms with Gasteiger partial charge in [0, 0.05) is 25.5 Å². The summed E-state index contributed by atoms with van der Waals surface area (Å²) in [6.45, 7) is 8.99. The molecule has 0 unspecified atom stereocenters. The molecule has 1 aliphatic heterocycles. The van der Waals surface area contributed by atoms with Crippen molar-refractivity contribution in [2.45, 2.75) is 52.6 Å². The van der Waals surface area contributed by atoms with Crippen molar-refractivity contribution in [3.8, 4) is 0 Å². The number of hydrogen-bond acceptors (Lipinski definition) is 2. The predicted octanol–water partition coefficient (Wildman–Crippen LogP) is 3.02. The smallest absolute Gasteiger partial charge is 0.101 e. The Hall–Kier alpha value is -0.660. The van der Waals surface area contributed by atoms with Gasteiger partial charge in [-0.05, 0) is 26.7 Å². The van der Waals surface area contributed by atoms with E-state index in [2.05, 4.69) is 43.0 Å². The third-order valence-corrected chi connectivity index (χ3v) is 3.01. The normalized spacial score (nSPS) is 17.1. The second-order valence-corrected chi connectivity index (χ2v) is 3.94. The van der Waals surface area contributed by atoms with Crippen molar-refractivity contribution in [2.24, 2.45) is 0 Å². The fourth-order valence-corrected chi connectivity index (χ4v) is 2.10. The Labute approximate surface area is 88.6 Å². The van der Waals surface area contributed by atoms with Crippen LogP contribution in [0.1, 0.15) is 46.5 Å². The van der Waals surface area contributed by atoms with Crippen LogP contribution in [0.25, 0.3) is 0 Å². The van der Waals surface area contributed by atoms with Crippen LogP contribution in [0, 0.1) is 0 Å². The summed E-state index contributed by atoms with van der Waals surface area (Å²) >= 11 is 0. The maximum atomic E-state index is 2.44. The predicted molar refractivity (Wildman–Crippen MR) is 61.8 cm³/mol. The molecular weight excluding hydrogens is 172 g/mol. The molecule has 2 nitrogen and oxygen atoms in total. The molecule has 0 amide bonds. The Morgan fingerprint density at radius 1 is 0.929 bits per heavy atom. The molecule has 0 aromatic rings. The van der Waals surface area contributed by atoms with Crippen LogP contribution < -0.4 is 0 Å². The Balaban J connectivity index is 2.37. The minimum atomic E-state index is 0.636. The van der Waals surface area contributed by atoms with Crippen LogP contribution in [0.5, 0.6) is 0 Å². The summed E-state index contributed by atoms with van der Waals surface area (Å²) in [4.78, 5) is 4.89. The standard InChI is InChI=1S/C12H24N2/c1-4-7-8-9-12-13(5-2)10-11-14(12)6-3/h10-12H,4-9H2,1-3H3. The summed E-state index contributed by atoms with van der Waals surface area (Å²) in [6.07, 6.45) is 10.5. The van der Waals surface area contributed by atoms with Crippen LogP contribution in [0.15, 0.2) is 12.4 Å². The molecule has 2 heteroatoms. The van der Waals surface area contributed by atoms with Crippen LogP contribution in [-0.2, 0) is 0 Å². The van der Waals surface area contributed by atoms with Crippen molar-refractivity contribution in [1.29, 1.82) is 0 Å². The number of hydrogen-bond donors (Lipinski definition) is 0. The van der Waals surface area contributed by atoms with Crippen LogP contribution >= 0.6 is 0 Å². The Kier molecular flexibility index (Phi) is 4.85. The Morgan fingerprint density at radius 2 is 1.50 bits per heavy atom. The summed E-state index contributed by atoms with van der Waals surface area (Å²) < 4.78 is 0. The number of unbranched alkanes of at least 4 members (excludes halogenated alkanes) is 2. The van der Waals surface area contributed by atoms with E-state index in [1.807, 2.05) is 0 Å². The van der Waals surface area contributed by atoms with E-state index >= 15 is 0 Å². The van der Waals surface area contributed by atoms with Gasteiger partial charge in [0.15, 0.2) is 0 Å². The fourth-order valence-electron chi connectivity index (χ4n) is 2.10. The summed E-state index contributed by atoms with van der Waals surface area (Å²) in [5.41, 5.74) is 0. The van der Waals surface area contributed by atoms with Gasteiger partial charge >= 0.3 is 0 Å². The zero-order valence-electron chi connectivity index (χ0n) is 9.87. The van der Waals surface area contributed by atoms with E-state index in [1.54, 1.807) is 0 Å². The van der Waals surface area contributed by atoms with Crippen molar-refractivity contribution in [3.63, 3.8) is 0 Å². The van der Waals surface area contributed by atoms with E-state index in [-0.39, 0.29) is 0 Å². The van der Waals surface area contributed by atoms with Gasteiger partial charge in [-0.25, -0.2) is 0 Å². The van der Waals surface area contributed by atoms with Gasteiger partial charge in [-0.1, -0.05) is 19.8 Å². The van der Waals surface area contributed by atoms with Gasteiger partial charge in [0.25, 0.3) is 0 Å². The zero-order valence-corrected chi connectivity index (χ0v) is 9.87. The van der Waals surface area contributed by atoms with Crippen LogP contribution in [0.2, 0.25) is 0 Å². The van der Waals surface area contributed by atoms with Gasteiger partial charge in [0.05, 0.1) is 0 Å². The molecule has 0 aromatic heterocycles. The van der Waals surface area contributed by atoms with E-state index in [4.69, 9.17) is 0 Å². The topological polar surface area (TPSA) is 6.48 Å². The van der Waals surface area contributed by atoms with Gasteiger partial charge < -0.3 is 9.80 Å². The highest BCUT2D eigenvalue weighted by Crippen LogP contribution is 2.20. The van der Waals surface area contributed by atoms with E-state index < -0.39 is 0 Å². The van der Waals surface area contributed by atoms with Crippen molar-refractivity contribution in [1.82, 2.24) is 9.80 Å². The molecule has 1 aliphatic rings. The largest absolute Gasteiger partial charge is 0.356 e. The molecule has 0 aromatic carbocycles. The van der Waals surface area contributed by atoms with Crippen molar-refractivity contribution in [2.75, 3.05) is 13.1 Å². The molecule has 82 valence electrons. The van der Waals surface area contributed by atoms with Crippen LogP contribution in [0.4, 0.5) is 0 Å². The molecule has 0 atom stereocenters. The third-order valence-electron chi connectivity index (χ3n) is 3.01. The fraction of sp³-hybridized carbons (Fsp3) is 0.833. The van der Waals surface area contributed by atoms with Crippen molar-refractivity contribution < 1.29 is 0 Å². The summed E-state index contributed by atoms with van der Waals surface area (Å²) in [5.74, 6) is 0. The molecule has 0 N–H and O–H groups in total. The molecule has 1 rings (SSSR count). The van der Waals surface area contributed by atoms with E-state index in [9.17, 15) is 0 Å². The second kappa shape index (κ2) is 5.94. The molecule has 0 aliphatic carbocycles. The lowest BCUT2D eigenvalue weighted by molar-refractivity contribution is 0.150. The molecule has 0 radical (unpaired) electrons. The SMILES string of the molecule is CCCCCC1N(CC)C=CN1CC. The molecule has 1 heterocycles. The summed E-state index contributed by atoms with van der Waals surface area (Å²) in [5, 5.41) is 0. The lowest BCUT2D eigenvalue weighted by Crippen LogP contribution is -2.38. The van der Waals surface area contributed by atoms with Crippen molar-refractivity contribution in [3.05, 3.63) is 12.4 Å². The number of nitrogens with zero attached hydrogens (tertiary/aromatic N) is 2. The van der Waals surface area contributed by atoms with E-state index in [0.29, 0.717) is 6.17 Å². The number of rotatable bonds is 6. The summed E-state index contributed by atoms with van der Waals surface area (Å²) in [7, 11) is 0. The molecule has 14 heavy (non-hydrogen) atoms.